The average molecular weight is 211 g/mol. The quantitative estimate of drug-likeness (QED) is 0.317. The molecule has 2 N–H and O–H groups in total. The topological polar surface area (TPSA) is 52.3 Å². The van der Waals surface area contributed by atoms with Crippen LogP contribution in [-0.4, -0.2) is 19.1 Å². The van der Waals surface area contributed by atoms with Gasteiger partial charge in [-0.05, 0) is 6.42 Å². The Morgan fingerprint density at radius 2 is 1.79 bits per heavy atom. The minimum absolute atomic E-state index is 0. The number of nitrogens with two attached hydrogens (primary N) is 1. The van der Waals surface area contributed by atoms with Crippen molar-refractivity contribution < 1.29 is 40.5 Å². The van der Waals surface area contributed by atoms with Crippen LogP contribution in [0.5, 0.6) is 0 Å². The first-order valence-electron chi connectivity index (χ1n) is 5.17. The monoisotopic (exact) mass is 211 g/mol. The third-order valence-corrected chi connectivity index (χ3v) is 1.93. The van der Waals surface area contributed by atoms with Gasteiger partial charge >= 0.3 is 35.5 Å². The average Bonchev–Trinajstić information content (AvgIpc) is 2.16. The molecule has 0 amide bonds. The number of carbonyl (C=O) groups is 1. The van der Waals surface area contributed by atoms with Crippen LogP contribution in [0.2, 0.25) is 0 Å². The standard InChI is InChI=1S/C10H21NO2.Na.H/c1-2-3-4-5-6-7-8-13-10(12)9-11;;/h2-9,11H2,1H3;;/q;+1;-1. The molecule has 0 aliphatic rings. The number of ether oxygens (including phenoxy) is 1. The molecule has 0 fully saturated rings. The van der Waals surface area contributed by atoms with Gasteiger partial charge in [-0.15, -0.1) is 0 Å². The van der Waals surface area contributed by atoms with Gasteiger partial charge in [-0.1, -0.05) is 39.0 Å². The second kappa shape index (κ2) is 13.4. The zero-order valence-corrected chi connectivity index (χ0v) is 11.6. The summed E-state index contributed by atoms with van der Waals surface area (Å²) in [7, 11) is 0. The van der Waals surface area contributed by atoms with Crippen molar-refractivity contribution in [2.75, 3.05) is 13.2 Å². The molecule has 0 heterocycles. The molecule has 80 valence electrons. The fourth-order valence-electron chi connectivity index (χ4n) is 1.13. The molecule has 0 spiro atoms. The van der Waals surface area contributed by atoms with Gasteiger partial charge in [0.15, 0.2) is 0 Å². The Labute approximate surface area is 111 Å². The van der Waals surface area contributed by atoms with E-state index in [1.165, 1.54) is 25.7 Å². The van der Waals surface area contributed by atoms with Crippen molar-refractivity contribution in [2.24, 2.45) is 5.73 Å². The van der Waals surface area contributed by atoms with Gasteiger partial charge < -0.3 is 11.9 Å². The number of esters is 1. The summed E-state index contributed by atoms with van der Waals surface area (Å²) in [5.41, 5.74) is 5.08. The molecule has 0 unspecified atom stereocenters. The van der Waals surface area contributed by atoms with Gasteiger partial charge in [-0.3, -0.25) is 4.79 Å². The van der Waals surface area contributed by atoms with Crippen molar-refractivity contribution in [3.63, 3.8) is 0 Å². The van der Waals surface area contributed by atoms with Crippen LogP contribution in [0.3, 0.4) is 0 Å². The molecule has 0 aromatic carbocycles. The number of hydrogen-bond acceptors (Lipinski definition) is 3. The van der Waals surface area contributed by atoms with E-state index >= 15 is 0 Å². The summed E-state index contributed by atoms with van der Waals surface area (Å²) in [4.78, 5) is 10.6. The maximum atomic E-state index is 10.6. The van der Waals surface area contributed by atoms with Crippen molar-refractivity contribution in [2.45, 2.75) is 45.4 Å². The third-order valence-electron chi connectivity index (χ3n) is 1.93. The summed E-state index contributed by atoms with van der Waals surface area (Å²) >= 11 is 0. The van der Waals surface area contributed by atoms with E-state index in [9.17, 15) is 4.79 Å². The van der Waals surface area contributed by atoms with Crippen molar-refractivity contribution in [1.29, 1.82) is 0 Å². The van der Waals surface area contributed by atoms with E-state index < -0.39 is 0 Å². The zero-order valence-electron chi connectivity index (χ0n) is 10.6. The van der Waals surface area contributed by atoms with Gasteiger partial charge in [0.2, 0.25) is 0 Å². The van der Waals surface area contributed by atoms with E-state index in [0.717, 1.165) is 12.8 Å². The molecule has 0 aliphatic heterocycles. The van der Waals surface area contributed by atoms with E-state index in [1.807, 2.05) is 0 Å². The molecule has 0 saturated heterocycles. The number of unbranched alkanes of at least 4 members (excludes halogenated alkanes) is 5. The predicted octanol–water partition coefficient (Wildman–Crippen LogP) is -1.03. The molecule has 0 rings (SSSR count). The van der Waals surface area contributed by atoms with Gasteiger partial charge in [0.1, 0.15) is 0 Å². The van der Waals surface area contributed by atoms with Gasteiger partial charge in [0, 0.05) is 0 Å². The number of hydrogen-bond donors (Lipinski definition) is 1. The normalized spacial score (nSPS) is 9.29. The molecule has 0 aliphatic carbocycles. The van der Waals surface area contributed by atoms with E-state index in [1.54, 1.807) is 0 Å². The van der Waals surface area contributed by atoms with E-state index in [4.69, 9.17) is 10.5 Å². The van der Waals surface area contributed by atoms with Crippen LogP contribution in [0.15, 0.2) is 0 Å². The molecule has 3 nitrogen and oxygen atoms in total. The van der Waals surface area contributed by atoms with Crippen LogP contribution < -0.4 is 35.3 Å². The zero-order chi connectivity index (χ0) is 9.94. The summed E-state index contributed by atoms with van der Waals surface area (Å²) in [6.45, 7) is 2.72. The second-order valence-corrected chi connectivity index (χ2v) is 3.19. The first kappa shape index (κ1) is 16.8. The Morgan fingerprint density at radius 3 is 2.36 bits per heavy atom. The van der Waals surface area contributed by atoms with E-state index in [0.29, 0.717) is 6.61 Å². The van der Waals surface area contributed by atoms with Crippen molar-refractivity contribution >= 4 is 5.97 Å². The first-order valence-corrected chi connectivity index (χ1v) is 5.17. The summed E-state index contributed by atoms with van der Waals surface area (Å²) in [6.07, 6.45) is 7.23. The molecule has 0 saturated carbocycles. The Hall–Kier alpha value is 0.430. The summed E-state index contributed by atoms with van der Waals surface area (Å²) in [5.74, 6) is -0.298. The molecular weight excluding hydrogens is 189 g/mol. The SMILES string of the molecule is CCCCCCCCOC(=O)CN.[H-].[Na+]. The fourth-order valence-corrected chi connectivity index (χ4v) is 1.13. The van der Waals surface area contributed by atoms with Gasteiger partial charge in [0.05, 0.1) is 13.2 Å². The first-order chi connectivity index (χ1) is 6.31. The van der Waals surface area contributed by atoms with Crippen LogP contribution in [0.1, 0.15) is 46.9 Å². The van der Waals surface area contributed by atoms with Gasteiger partial charge in [0.25, 0.3) is 0 Å². The molecule has 0 radical (unpaired) electrons. The van der Waals surface area contributed by atoms with Crippen LogP contribution >= 0.6 is 0 Å². The third kappa shape index (κ3) is 12.4. The Morgan fingerprint density at radius 1 is 1.21 bits per heavy atom. The fraction of sp³-hybridized carbons (Fsp3) is 0.900. The minimum Gasteiger partial charge on any atom is -1.00 e. The van der Waals surface area contributed by atoms with Crippen LogP contribution in [0.4, 0.5) is 0 Å². The van der Waals surface area contributed by atoms with Crippen LogP contribution in [-0.2, 0) is 9.53 Å². The molecule has 0 bridgehead atoms. The van der Waals surface area contributed by atoms with Crippen molar-refractivity contribution in [3.05, 3.63) is 0 Å². The number of carbonyl (C=O) groups excluding carboxylic acids is 1. The minimum atomic E-state index is -0.298. The molecule has 0 atom stereocenters. The Kier molecular flexibility index (Phi) is 16.2. The molecule has 4 heteroatoms. The summed E-state index contributed by atoms with van der Waals surface area (Å²) in [5, 5.41) is 0. The van der Waals surface area contributed by atoms with Crippen molar-refractivity contribution in [1.82, 2.24) is 0 Å². The van der Waals surface area contributed by atoms with Gasteiger partial charge in [-0.25, -0.2) is 0 Å². The Bertz CT molecular complexity index is 137. The smallest absolute Gasteiger partial charge is 1.00 e. The van der Waals surface area contributed by atoms with E-state index in [2.05, 4.69) is 6.92 Å². The molecular formula is C10H22NNaO2. The van der Waals surface area contributed by atoms with Crippen LogP contribution in [0.25, 0.3) is 0 Å². The second-order valence-electron chi connectivity index (χ2n) is 3.19. The predicted molar refractivity (Wildman–Crippen MR) is 54.5 cm³/mol. The number of rotatable bonds is 8. The maximum Gasteiger partial charge on any atom is 1.00 e. The molecule has 0 aromatic heterocycles. The Balaban J connectivity index is -0.000000720. The summed E-state index contributed by atoms with van der Waals surface area (Å²) in [6, 6.07) is 0. The van der Waals surface area contributed by atoms with Crippen LogP contribution in [0, 0.1) is 0 Å². The molecule has 14 heavy (non-hydrogen) atoms. The molecule has 0 aromatic rings. The van der Waals surface area contributed by atoms with Crippen molar-refractivity contribution in [3.8, 4) is 0 Å². The largest absolute Gasteiger partial charge is 1.00 e. The van der Waals surface area contributed by atoms with E-state index in [-0.39, 0.29) is 43.5 Å². The summed E-state index contributed by atoms with van der Waals surface area (Å²) < 4.78 is 4.83. The maximum absolute atomic E-state index is 10.6. The van der Waals surface area contributed by atoms with Gasteiger partial charge in [-0.2, -0.15) is 0 Å².